The molecule has 7 N–H and O–H groups in total. The van der Waals surface area contributed by atoms with E-state index in [1.54, 1.807) is 6.08 Å². The van der Waals surface area contributed by atoms with Gasteiger partial charge in [-0.3, -0.25) is 14.6 Å². The van der Waals surface area contributed by atoms with E-state index in [-0.39, 0.29) is 50.4 Å². The summed E-state index contributed by atoms with van der Waals surface area (Å²) in [5.41, 5.74) is 18.4. The van der Waals surface area contributed by atoms with Crippen molar-refractivity contribution < 1.29 is 23.8 Å². The fraction of sp³-hybridized carbons (Fsp3) is 0.484. The lowest BCUT2D eigenvalue weighted by Crippen LogP contribution is -2.29. The van der Waals surface area contributed by atoms with E-state index in [9.17, 15) is 14.9 Å². The second-order valence-corrected chi connectivity index (χ2v) is 10.3. The van der Waals surface area contributed by atoms with Crippen molar-refractivity contribution in [3.63, 3.8) is 0 Å². The Balaban J connectivity index is 1.28. The number of guanidine groups is 1. The van der Waals surface area contributed by atoms with Crippen LogP contribution in [0.3, 0.4) is 0 Å². The van der Waals surface area contributed by atoms with E-state index in [0.29, 0.717) is 26.2 Å². The van der Waals surface area contributed by atoms with Crippen molar-refractivity contribution >= 4 is 40.4 Å². The Bertz CT molecular complexity index is 1300. The molecule has 0 aromatic heterocycles. The Kier molecular flexibility index (Phi) is 14.2. The maximum atomic E-state index is 12.5. The Morgan fingerprint density at radius 3 is 2.44 bits per heavy atom. The molecule has 3 rings (SSSR count). The number of esters is 1. The molecule has 1 aliphatic rings. The molecule has 1 atom stereocenters. The van der Waals surface area contributed by atoms with E-state index < -0.39 is 11.9 Å². The average Bonchev–Trinajstić information content (AvgIpc) is 3.00. The van der Waals surface area contributed by atoms with E-state index in [4.69, 9.17) is 31.4 Å². The molecule has 12 heteroatoms. The predicted octanol–water partition coefficient (Wildman–Crippen LogP) is 1.81. The lowest BCUT2D eigenvalue weighted by atomic mass is 10.0. The number of nitrogens with one attached hydrogen (secondary N) is 1. The van der Waals surface area contributed by atoms with Gasteiger partial charge in [0.05, 0.1) is 32.8 Å². The van der Waals surface area contributed by atoms with Crippen LogP contribution in [0.15, 0.2) is 47.0 Å². The number of amides is 1. The summed E-state index contributed by atoms with van der Waals surface area (Å²) in [4.78, 5) is 30.5. The van der Waals surface area contributed by atoms with E-state index in [1.807, 2.05) is 24.3 Å². The number of rotatable bonds is 17. The standard InChI is InChI=1S/C31H43N7O5/c32-22-26(19-23-4-5-25-20-28(7-6-24(25)18-23)38-11-2-1-3-12-38)30(40)36-10-13-41-14-15-42-16-17-43-29(39)21-27(33)8-9-37-31(34)35/h4-7,18-20,27H,1-3,8-17,21,33H2,(H,36,40)(H4,34,35,37)/b26-19+/t27-/m0/s1. The number of anilines is 1. The molecule has 1 saturated heterocycles. The van der Waals surface area contributed by atoms with Crippen LogP contribution < -0.4 is 27.4 Å². The van der Waals surface area contributed by atoms with Gasteiger partial charge in [-0.05, 0) is 66.3 Å². The minimum absolute atomic E-state index is 0.0140. The maximum absolute atomic E-state index is 12.5. The topological polar surface area (TPSA) is 191 Å². The minimum Gasteiger partial charge on any atom is -0.463 e. The molecule has 0 saturated carbocycles. The third-order valence-electron chi connectivity index (χ3n) is 6.86. The summed E-state index contributed by atoms with van der Waals surface area (Å²) in [6.07, 6.45) is 5.88. The zero-order valence-corrected chi connectivity index (χ0v) is 24.6. The second kappa shape index (κ2) is 18.4. The van der Waals surface area contributed by atoms with Gasteiger partial charge in [-0.15, -0.1) is 0 Å². The Morgan fingerprint density at radius 2 is 1.70 bits per heavy atom. The normalized spacial score (nSPS) is 14.1. The van der Waals surface area contributed by atoms with Crippen LogP contribution in [0.4, 0.5) is 5.69 Å². The van der Waals surface area contributed by atoms with Gasteiger partial charge in [0.1, 0.15) is 18.2 Å². The van der Waals surface area contributed by atoms with Crippen LogP contribution in [-0.4, -0.2) is 83.1 Å². The molecular formula is C31H43N7O5. The highest BCUT2D eigenvalue weighted by atomic mass is 16.6. The van der Waals surface area contributed by atoms with Crippen molar-refractivity contribution in [1.82, 2.24) is 5.32 Å². The van der Waals surface area contributed by atoms with E-state index in [2.05, 4.69) is 33.4 Å². The number of carbonyl (C=O) groups excluding carboxylic acids is 2. The highest BCUT2D eigenvalue weighted by Crippen LogP contribution is 2.26. The maximum Gasteiger partial charge on any atom is 0.307 e. The SMILES string of the molecule is N#C/C(=C\c1ccc2cc(N3CCCCC3)ccc2c1)C(=O)NCCOCCOCCOC(=O)C[C@@H](N)CCN=C(N)N. The Morgan fingerprint density at radius 1 is 1.00 bits per heavy atom. The fourth-order valence-corrected chi connectivity index (χ4v) is 4.61. The van der Waals surface area contributed by atoms with E-state index in [1.165, 1.54) is 24.9 Å². The Hall–Kier alpha value is -4.18. The zero-order chi connectivity index (χ0) is 30.9. The number of hydrogen-bond acceptors (Lipinski definition) is 9. The largest absolute Gasteiger partial charge is 0.463 e. The summed E-state index contributed by atoms with van der Waals surface area (Å²) < 4.78 is 15.9. The summed E-state index contributed by atoms with van der Waals surface area (Å²) in [5, 5.41) is 14.4. The van der Waals surface area contributed by atoms with Gasteiger partial charge in [0.2, 0.25) is 0 Å². The zero-order valence-electron chi connectivity index (χ0n) is 24.6. The van der Waals surface area contributed by atoms with Crippen LogP contribution in [0, 0.1) is 11.3 Å². The second-order valence-electron chi connectivity index (χ2n) is 10.3. The predicted molar refractivity (Wildman–Crippen MR) is 167 cm³/mol. The molecule has 43 heavy (non-hydrogen) atoms. The van der Waals surface area contributed by atoms with Crippen molar-refractivity contribution in [2.24, 2.45) is 22.2 Å². The number of piperidine rings is 1. The molecule has 1 amide bonds. The van der Waals surface area contributed by atoms with Gasteiger partial charge in [0.25, 0.3) is 5.91 Å². The van der Waals surface area contributed by atoms with Crippen LogP contribution in [-0.2, 0) is 23.8 Å². The molecule has 0 unspecified atom stereocenters. The number of fused-ring (bicyclic) bond motifs is 1. The molecule has 1 heterocycles. The molecule has 2 aromatic rings. The highest BCUT2D eigenvalue weighted by Gasteiger charge is 2.13. The average molecular weight is 594 g/mol. The molecule has 1 aliphatic heterocycles. The van der Waals surface area contributed by atoms with Crippen molar-refractivity contribution in [2.45, 2.75) is 38.1 Å². The quantitative estimate of drug-likeness (QED) is 0.0525. The number of ether oxygens (including phenoxy) is 3. The number of nitrogens with zero attached hydrogens (tertiary/aromatic N) is 3. The molecule has 0 radical (unpaired) electrons. The first-order chi connectivity index (χ1) is 20.9. The van der Waals surface area contributed by atoms with Crippen LogP contribution in [0.5, 0.6) is 0 Å². The van der Waals surface area contributed by atoms with Gasteiger partial charge in [0, 0.05) is 37.9 Å². The number of benzene rings is 2. The molecule has 1 fully saturated rings. The molecule has 0 spiro atoms. The fourth-order valence-electron chi connectivity index (χ4n) is 4.61. The van der Waals surface area contributed by atoms with Gasteiger partial charge in [-0.2, -0.15) is 5.26 Å². The summed E-state index contributed by atoms with van der Waals surface area (Å²) in [7, 11) is 0. The van der Waals surface area contributed by atoms with Crippen molar-refractivity contribution in [2.75, 3.05) is 64.1 Å². The first kappa shape index (κ1) is 33.3. The summed E-state index contributed by atoms with van der Waals surface area (Å²) in [6, 6.07) is 14.0. The molecule has 232 valence electrons. The third kappa shape index (κ3) is 12.3. The van der Waals surface area contributed by atoms with Gasteiger partial charge >= 0.3 is 5.97 Å². The summed E-state index contributed by atoms with van der Waals surface area (Å²) >= 11 is 0. The van der Waals surface area contributed by atoms with Gasteiger partial charge in [-0.1, -0.05) is 18.2 Å². The van der Waals surface area contributed by atoms with E-state index >= 15 is 0 Å². The van der Waals surface area contributed by atoms with Gasteiger partial charge in [-0.25, -0.2) is 0 Å². The van der Waals surface area contributed by atoms with Crippen LogP contribution >= 0.6 is 0 Å². The summed E-state index contributed by atoms with van der Waals surface area (Å²) in [5.74, 6) is -0.887. The number of carbonyl (C=O) groups is 2. The molecule has 2 aromatic carbocycles. The first-order valence-corrected chi connectivity index (χ1v) is 14.7. The first-order valence-electron chi connectivity index (χ1n) is 14.7. The third-order valence-corrected chi connectivity index (χ3v) is 6.86. The number of hydrogen-bond donors (Lipinski definition) is 4. The molecule has 0 bridgehead atoms. The number of nitrogens with two attached hydrogens (primary N) is 3. The monoisotopic (exact) mass is 593 g/mol. The minimum atomic E-state index is -0.458. The van der Waals surface area contributed by atoms with Crippen molar-refractivity contribution in [1.29, 1.82) is 5.26 Å². The van der Waals surface area contributed by atoms with Crippen LogP contribution in [0.25, 0.3) is 16.8 Å². The van der Waals surface area contributed by atoms with Gasteiger partial charge in [0.15, 0.2) is 5.96 Å². The van der Waals surface area contributed by atoms with E-state index in [0.717, 1.165) is 29.4 Å². The number of aliphatic imine (C=N–C) groups is 1. The lowest BCUT2D eigenvalue weighted by molar-refractivity contribution is -0.145. The van der Waals surface area contributed by atoms with Crippen molar-refractivity contribution in [3.05, 3.63) is 47.5 Å². The molecule has 0 aliphatic carbocycles. The van der Waals surface area contributed by atoms with Gasteiger partial charge < -0.3 is 41.6 Å². The highest BCUT2D eigenvalue weighted by molar-refractivity contribution is 6.02. The van der Waals surface area contributed by atoms with Crippen LogP contribution in [0.2, 0.25) is 0 Å². The smallest absolute Gasteiger partial charge is 0.307 e. The summed E-state index contributed by atoms with van der Waals surface area (Å²) in [6.45, 7) is 3.97. The molecule has 12 nitrogen and oxygen atoms in total. The lowest BCUT2D eigenvalue weighted by Gasteiger charge is -2.29. The molecular weight excluding hydrogens is 550 g/mol. The van der Waals surface area contributed by atoms with Crippen molar-refractivity contribution in [3.8, 4) is 6.07 Å². The van der Waals surface area contributed by atoms with Crippen LogP contribution in [0.1, 0.15) is 37.7 Å². The Labute approximate surface area is 252 Å². The number of nitriles is 1.